The standard InChI is InChI=1S/C7H7FOS/c1-9-7-4-5(10)2-3-6(7)8/h2-4,10H,1H3. The van der Waals surface area contributed by atoms with Crippen LogP contribution in [0.3, 0.4) is 0 Å². The zero-order valence-corrected chi connectivity index (χ0v) is 6.36. The third kappa shape index (κ3) is 1.42. The van der Waals surface area contributed by atoms with Crippen molar-refractivity contribution in [2.75, 3.05) is 7.11 Å². The molecule has 0 spiro atoms. The van der Waals surface area contributed by atoms with Gasteiger partial charge in [0.25, 0.3) is 0 Å². The summed E-state index contributed by atoms with van der Waals surface area (Å²) in [4.78, 5) is 0.693. The highest BCUT2D eigenvalue weighted by Crippen LogP contribution is 2.19. The summed E-state index contributed by atoms with van der Waals surface area (Å²) < 4.78 is 17.3. The van der Waals surface area contributed by atoms with Gasteiger partial charge in [-0.25, -0.2) is 4.39 Å². The maximum atomic E-state index is 12.6. The Kier molecular flexibility index (Phi) is 2.17. The molecule has 0 aliphatic heterocycles. The van der Waals surface area contributed by atoms with Crippen molar-refractivity contribution < 1.29 is 9.13 Å². The highest BCUT2D eigenvalue weighted by atomic mass is 32.1. The van der Waals surface area contributed by atoms with Gasteiger partial charge in [0, 0.05) is 4.90 Å². The summed E-state index contributed by atoms with van der Waals surface area (Å²) in [5, 5.41) is 0. The van der Waals surface area contributed by atoms with Gasteiger partial charge in [-0.1, -0.05) is 0 Å². The van der Waals surface area contributed by atoms with Crippen LogP contribution in [0.5, 0.6) is 5.75 Å². The molecule has 0 heterocycles. The van der Waals surface area contributed by atoms with E-state index in [2.05, 4.69) is 12.6 Å². The van der Waals surface area contributed by atoms with Gasteiger partial charge < -0.3 is 4.74 Å². The Morgan fingerprint density at radius 1 is 1.50 bits per heavy atom. The molecule has 0 aromatic heterocycles. The molecule has 1 nitrogen and oxygen atoms in total. The van der Waals surface area contributed by atoms with Gasteiger partial charge in [0.15, 0.2) is 11.6 Å². The average Bonchev–Trinajstić information content (AvgIpc) is 1.94. The van der Waals surface area contributed by atoms with E-state index in [1.54, 1.807) is 6.07 Å². The molecular formula is C7H7FOS. The highest BCUT2D eigenvalue weighted by Gasteiger charge is 1.99. The molecule has 1 aromatic rings. The number of halogens is 1. The number of methoxy groups -OCH3 is 1. The van der Waals surface area contributed by atoms with Crippen molar-refractivity contribution in [1.29, 1.82) is 0 Å². The molecule has 0 fully saturated rings. The van der Waals surface area contributed by atoms with Crippen LogP contribution in [0.2, 0.25) is 0 Å². The van der Waals surface area contributed by atoms with Crippen LogP contribution in [0.4, 0.5) is 4.39 Å². The number of hydrogen-bond donors (Lipinski definition) is 1. The molecule has 54 valence electrons. The molecule has 0 saturated carbocycles. The van der Waals surface area contributed by atoms with Crippen LogP contribution in [0, 0.1) is 5.82 Å². The first kappa shape index (κ1) is 7.41. The fraction of sp³-hybridized carbons (Fsp3) is 0.143. The lowest BCUT2D eigenvalue weighted by Crippen LogP contribution is -1.86. The van der Waals surface area contributed by atoms with Gasteiger partial charge in [0.1, 0.15) is 0 Å². The van der Waals surface area contributed by atoms with Crippen molar-refractivity contribution in [3.05, 3.63) is 24.0 Å². The molecule has 10 heavy (non-hydrogen) atoms. The molecule has 0 amide bonds. The Hall–Kier alpha value is -0.700. The van der Waals surface area contributed by atoms with Gasteiger partial charge in [-0.05, 0) is 18.2 Å². The Morgan fingerprint density at radius 2 is 2.20 bits per heavy atom. The third-order valence-corrected chi connectivity index (χ3v) is 1.41. The van der Waals surface area contributed by atoms with Gasteiger partial charge in [-0.3, -0.25) is 0 Å². The summed E-state index contributed by atoms with van der Waals surface area (Å²) in [7, 11) is 1.42. The monoisotopic (exact) mass is 158 g/mol. The van der Waals surface area contributed by atoms with E-state index in [4.69, 9.17) is 4.74 Å². The largest absolute Gasteiger partial charge is 0.494 e. The Bertz CT molecular complexity index is 237. The maximum absolute atomic E-state index is 12.6. The molecule has 0 unspecified atom stereocenters. The van der Waals surface area contributed by atoms with Gasteiger partial charge in [0.2, 0.25) is 0 Å². The third-order valence-electron chi connectivity index (χ3n) is 1.13. The van der Waals surface area contributed by atoms with E-state index < -0.39 is 0 Å². The first-order chi connectivity index (χ1) is 4.74. The van der Waals surface area contributed by atoms with E-state index >= 15 is 0 Å². The molecule has 0 radical (unpaired) electrons. The molecule has 1 aromatic carbocycles. The van der Waals surface area contributed by atoms with Crippen molar-refractivity contribution in [3.63, 3.8) is 0 Å². The summed E-state index contributed by atoms with van der Waals surface area (Å²) in [6.45, 7) is 0. The van der Waals surface area contributed by atoms with Gasteiger partial charge in [-0.2, -0.15) is 0 Å². The highest BCUT2D eigenvalue weighted by molar-refractivity contribution is 7.80. The zero-order valence-electron chi connectivity index (χ0n) is 5.47. The molecule has 1 rings (SSSR count). The lowest BCUT2D eigenvalue weighted by atomic mass is 10.3. The first-order valence-electron chi connectivity index (χ1n) is 2.76. The zero-order chi connectivity index (χ0) is 7.56. The topological polar surface area (TPSA) is 9.23 Å². The lowest BCUT2D eigenvalue weighted by Gasteiger charge is -2.00. The van der Waals surface area contributed by atoms with Crippen LogP contribution in [0.25, 0.3) is 0 Å². The summed E-state index contributed by atoms with van der Waals surface area (Å²) in [5.74, 6) is -0.132. The molecule has 0 aliphatic carbocycles. The number of benzene rings is 1. The Labute approximate surface area is 64.2 Å². The second-order valence-electron chi connectivity index (χ2n) is 1.82. The smallest absolute Gasteiger partial charge is 0.165 e. The van der Waals surface area contributed by atoms with E-state index in [0.717, 1.165) is 0 Å². The molecule has 0 N–H and O–H groups in total. The predicted octanol–water partition coefficient (Wildman–Crippen LogP) is 2.12. The number of thiol groups is 1. The summed E-state index contributed by atoms with van der Waals surface area (Å²) in [6, 6.07) is 4.42. The van der Waals surface area contributed by atoms with Crippen LogP contribution >= 0.6 is 12.6 Å². The van der Waals surface area contributed by atoms with E-state index in [1.807, 2.05) is 0 Å². The average molecular weight is 158 g/mol. The van der Waals surface area contributed by atoms with Crippen molar-refractivity contribution >= 4 is 12.6 Å². The van der Waals surface area contributed by atoms with Crippen LogP contribution in [-0.4, -0.2) is 7.11 Å². The summed E-state index contributed by atoms with van der Waals surface area (Å²) in [6.07, 6.45) is 0. The molecule has 0 bridgehead atoms. The predicted molar refractivity (Wildman–Crippen MR) is 40.2 cm³/mol. The second kappa shape index (κ2) is 2.92. The minimum absolute atomic E-state index is 0.229. The normalized spacial score (nSPS) is 9.50. The van der Waals surface area contributed by atoms with Crippen molar-refractivity contribution in [3.8, 4) is 5.75 Å². The van der Waals surface area contributed by atoms with E-state index in [-0.39, 0.29) is 11.6 Å². The van der Waals surface area contributed by atoms with Gasteiger partial charge >= 0.3 is 0 Å². The van der Waals surface area contributed by atoms with Crippen LogP contribution in [0.15, 0.2) is 23.1 Å². The van der Waals surface area contributed by atoms with Crippen LogP contribution < -0.4 is 4.74 Å². The molecule has 0 saturated heterocycles. The number of hydrogen-bond acceptors (Lipinski definition) is 2. The maximum Gasteiger partial charge on any atom is 0.165 e. The summed E-state index contributed by atoms with van der Waals surface area (Å²) >= 11 is 4.01. The molecule has 0 aliphatic rings. The molecule has 0 atom stereocenters. The Balaban J connectivity index is 3.09. The molecular weight excluding hydrogens is 151 g/mol. The quantitative estimate of drug-likeness (QED) is 0.616. The number of ether oxygens (including phenoxy) is 1. The SMILES string of the molecule is COc1cc(S)ccc1F. The van der Waals surface area contributed by atoms with E-state index in [9.17, 15) is 4.39 Å². The summed E-state index contributed by atoms with van der Waals surface area (Å²) in [5.41, 5.74) is 0. The van der Waals surface area contributed by atoms with Crippen molar-refractivity contribution in [2.45, 2.75) is 4.90 Å². The molecule has 3 heteroatoms. The van der Waals surface area contributed by atoms with E-state index in [0.29, 0.717) is 4.90 Å². The van der Waals surface area contributed by atoms with Crippen LogP contribution in [-0.2, 0) is 0 Å². The van der Waals surface area contributed by atoms with Crippen molar-refractivity contribution in [2.24, 2.45) is 0 Å². The number of rotatable bonds is 1. The second-order valence-corrected chi connectivity index (χ2v) is 2.34. The van der Waals surface area contributed by atoms with E-state index in [1.165, 1.54) is 19.2 Å². The fourth-order valence-electron chi connectivity index (χ4n) is 0.648. The van der Waals surface area contributed by atoms with Gasteiger partial charge in [-0.15, -0.1) is 12.6 Å². The minimum Gasteiger partial charge on any atom is -0.494 e. The Morgan fingerprint density at radius 3 is 2.70 bits per heavy atom. The van der Waals surface area contributed by atoms with Crippen molar-refractivity contribution in [1.82, 2.24) is 0 Å². The lowest BCUT2D eigenvalue weighted by molar-refractivity contribution is 0.385. The minimum atomic E-state index is -0.361. The first-order valence-corrected chi connectivity index (χ1v) is 3.21. The van der Waals surface area contributed by atoms with Gasteiger partial charge in [0.05, 0.1) is 7.11 Å². The van der Waals surface area contributed by atoms with Crippen LogP contribution in [0.1, 0.15) is 0 Å². The fourth-order valence-corrected chi connectivity index (χ4v) is 0.840.